The summed E-state index contributed by atoms with van der Waals surface area (Å²) in [5.74, 6) is -0.0755. The van der Waals surface area contributed by atoms with Crippen LogP contribution in [0.2, 0.25) is 0 Å². The highest BCUT2D eigenvalue weighted by molar-refractivity contribution is 7.54. The van der Waals surface area contributed by atoms with E-state index in [1.807, 2.05) is 49.4 Å². The van der Waals surface area contributed by atoms with E-state index in [1.165, 1.54) is 0 Å². The largest absolute Gasteiger partial charge is 0.338 e. The minimum atomic E-state index is -3.47. The van der Waals surface area contributed by atoms with Crippen LogP contribution in [-0.2, 0) is 13.6 Å². The average Bonchev–Trinajstić information content (AvgIpc) is 2.61. The smallest absolute Gasteiger partial charge is 0.308 e. The second-order valence-corrected chi connectivity index (χ2v) is 7.96. The van der Waals surface area contributed by atoms with Crippen LogP contribution in [0.3, 0.4) is 0 Å². The molecular weight excluding hydrogens is 335 g/mol. The first-order chi connectivity index (χ1) is 12.0. The molecule has 134 valence electrons. The van der Waals surface area contributed by atoms with E-state index >= 15 is 0 Å². The van der Waals surface area contributed by atoms with E-state index in [0.717, 1.165) is 11.1 Å². The maximum atomic E-state index is 13.4. The fourth-order valence-corrected chi connectivity index (χ4v) is 5.02. The molecule has 2 aromatic rings. The number of carbonyl (C=O) groups is 1. The zero-order valence-electron chi connectivity index (χ0n) is 15.0. The number of benzene rings is 2. The Labute approximate surface area is 149 Å². The summed E-state index contributed by atoms with van der Waals surface area (Å²) in [4.78, 5) is 12.8. The molecule has 2 aromatic carbocycles. The third-order valence-electron chi connectivity index (χ3n) is 4.02. The molecule has 0 amide bonds. The molecule has 0 aromatic heterocycles. The van der Waals surface area contributed by atoms with Crippen molar-refractivity contribution in [3.63, 3.8) is 0 Å². The van der Waals surface area contributed by atoms with Gasteiger partial charge in [0, 0.05) is 12.0 Å². The van der Waals surface area contributed by atoms with E-state index in [4.69, 9.17) is 9.05 Å². The van der Waals surface area contributed by atoms with Crippen LogP contribution < -0.4 is 0 Å². The zero-order chi connectivity index (χ0) is 18.3. The number of aryl methyl sites for hydroxylation is 1. The van der Waals surface area contributed by atoms with Gasteiger partial charge in [0.1, 0.15) is 0 Å². The van der Waals surface area contributed by atoms with Gasteiger partial charge in [-0.25, -0.2) is 0 Å². The van der Waals surface area contributed by atoms with E-state index in [0.29, 0.717) is 5.56 Å². The fourth-order valence-electron chi connectivity index (χ4n) is 2.85. The quantitative estimate of drug-likeness (QED) is 0.433. The highest BCUT2D eigenvalue weighted by atomic mass is 31.2. The predicted molar refractivity (Wildman–Crippen MR) is 100 cm³/mol. The normalized spacial score (nSPS) is 12.8. The lowest BCUT2D eigenvalue weighted by molar-refractivity contribution is 0.0973. The van der Waals surface area contributed by atoms with Crippen LogP contribution in [0.15, 0.2) is 54.6 Å². The van der Waals surface area contributed by atoms with E-state index in [1.54, 1.807) is 26.0 Å². The van der Waals surface area contributed by atoms with Crippen molar-refractivity contribution in [1.82, 2.24) is 0 Å². The van der Waals surface area contributed by atoms with Crippen LogP contribution in [0.5, 0.6) is 0 Å². The molecule has 1 atom stereocenters. The van der Waals surface area contributed by atoms with E-state index in [2.05, 4.69) is 0 Å². The van der Waals surface area contributed by atoms with Gasteiger partial charge in [-0.1, -0.05) is 54.6 Å². The average molecular weight is 360 g/mol. The molecule has 1 unspecified atom stereocenters. The van der Waals surface area contributed by atoms with Crippen LogP contribution >= 0.6 is 7.60 Å². The first-order valence-corrected chi connectivity index (χ1v) is 10.2. The van der Waals surface area contributed by atoms with Crippen LogP contribution in [0.4, 0.5) is 0 Å². The molecule has 0 heterocycles. The number of ketones is 1. The molecule has 2 rings (SSSR count). The maximum absolute atomic E-state index is 13.4. The van der Waals surface area contributed by atoms with Crippen molar-refractivity contribution in [1.29, 1.82) is 0 Å². The Hall–Kier alpha value is -1.74. The van der Waals surface area contributed by atoms with Crippen molar-refractivity contribution in [2.75, 3.05) is 13.2 Å². The topological polar surface area (TPSA) is 52.6 Å². The van der Waals surface area contributed by atoms with Crippen LogP contribution in [0.1, 0.15) is 47.4 Å². The molecule has 0 fully saturated rings. The molecule has 0 N–H and O–H groups in total. The van der Waals surface area contributed by atoms with Gasteiger partial charge in [-0.3, -0.25) is 9.36 Å². The number of rotatable bonds is 9. The summed E-state index contributed by atoms with van der Waals surface area (Å²) in [5.41, 5.74) is 1.77. The second-order valence-electron chi connectivity index (χ2n) is 5.74. The Kier molecular flexibility index (Phi) is 7.12. The molecule has 0 saturated carbocycles. The van der Waals surface area contributed by atoms with Crippen molar-refractivity contribution in [3.05, 3.63) is 71.3 Å². The lowest BCUT2D eigenvalue weighted by Crippen LogP contribution is -2.13. The first kappa shape index (κ1) is 19.6. The van der Waals surface area contributed by atoms with Crippen LogP contribution in [0, 0.1) is 6.92 Å². The molecule has 0 aliphatic carbocycles. The monoisotopic (exact) mass is 360 g/mol. The molecular formula is C20H25O4P. The Morgan fingerprint density at radius 2 is 1.52 bits per heavy atom. The summed E-state index contributed by atoms with van der Waals surface area (Å²) in [6, 6.07) is 16.7. The number of carbonyl (C=O) groups excluding carboxylic acids is 1. The summed E-state index contributed by atoms with van der Waals surface area (Å²) < 4.78 is 24.6. The van der Waals surface area contributed by atoms with Crippen molar-refractivity contribution in [2.45, 2.75) is 32.9 Å². The van der Waals surface area contributed by atoms with Gasteiger partial charge in [0.05, 0.1) is 18.9 Å². The lowest BCUT2D eigenvalue weighted by Gasteiger charge is -2.27. The summed E-state index contributed by atoms with van der Waals surface area (Å²) in [6.07, 6.45) is 0.0755. The highest BCUT2D eigenvalue weighted by Crippen LogP contribution is 2.63. The van der Waals surface area contributed by atoms with Gasteiger partial charge in [-0.15, -0.1) is 0 Å². The molecule has 0 aliphatic rings. The standard InChI is InChI=1S/C20H25O4P/c1-4-23-25(22,24-5-2)20(18-14-10-9-11-16(18)3)15-19(21)17-12-7-6-8-13-17/h6-14,20H,4-5,15H2,1-3H3. The SMILES string of the molecule is CCOP(=O)(OCC)C(CC(=O)c1ccccc1)c1ccccc1C. The van der Waals surface area contributed by atoms with Gasteiger partial charge in [0.25, 0.3) is 0 Å². The van der Waals surface area contributed by atoms with Crippen molar-refractivity contribution < 1.29 is 18.4 Å². The zero-order valence-corrected chi connectivity index (χ0v) is 15.9. The molecule has 0 spiro atoms. The second kappa shape index (κ2) is 9.10. The van der Waals surface area contributed by atoms with Crippen molar-refractivity contribution in [3.8, 4) is 0 Å². The molecule has 0 radical (unpaired) electrons. The molecule has 5 heteroatoms. The third kappa shape index (κ3) is 4.88. The van der Waals surface area contributed by atoms with Crippen molar-refractivity contribution in [2.24, 2.45) is 0 Å². The Balaban J connectivity index is 2.43. The molecule has 0 saturated heterocycles. The maximum Gasteiger partial charge on any atom is 0.338 e. The van der Waals surface area contributed by atoms with E-state index < -0.39 is 13.3 Å². The van der Waals surface area contributed by atoms with Crippen molar-refractivity contribution >= 4 is 13.4 Å². The Morgan fingerprint density at radius 3 is 2.08 bits per heavy atom. The lowest BCUT2D eigenvalue weighted by atomic mass is 9.99. The van der Waals surface area contributed by atoms with E-state index in [9.17, 15) is 9.36 Å². The Morgan fingerprint density at radius 1 is 0.960 bits per heavy atom. The van der Waals surface area contributed by atoms with Gasteiger partial charge in [-0.2, -0.15) is 0 Å². The summed E-state index contributed by atoms with van der Waals surface area (Å²) in [6.45, 7) is 6.02. The summed E-state index contributed by atoms with van der Waals surface area (Å²) in [5, 5.41) is 0. The molecule has 0 bridgehead atoms. The Bertz CT molecular complexity index is 732. The molecule has 0 aliphatic heterocycles. The van der Waals surface area contributed by atoms with Gasteiger partial charge < -0.3 is 9.05 Å². The first-order valence-electron chi connectivity index (χ1n) is 8.54. The number of Topliss-reactive ketones (excluding diaryl/α,β-unsaturated/α-hetero) is 1. The van der Waals surface area contributed by atoms with Gasteiger partial charge >= 0.3 is 7.60 Å². The van der Waals surface area contributed by atoms with E-state index in [-0.39, 0.29) is 25.4 Å². The molecule has 4 nitrogen and oxygen atoms in total. The minimum Gasteiger partial charge on any atom is -0.308 e. The summed E-state index contributed by atoms with van der Waals surface area (Å²) >= 11 is 0. The van der Waals surface area contributed by atoms with Gasteiger partial charge in [0.2, 0.25) is 0 Å². The highest BCUT2D eigenvalue weighted by Gasteiger charge is 2.39. The van der Waals surface area contributed by atoms with Crippen LogP contribution in [0.25, 0.3) is 0 Å². The minimum absolute atomic E-state index is 0.0755. The predicted octanol–water partition coefficient (Wildman–Crippen LogP) is 5.58. The summed E-state index contributed by atoms with van der Waals surface area (Å²) in [7, 11) is -3.47. The molecule has 25 heavy (non-hydrogen) atoms. The third-order valence-corrected chi connectivity index (χ3v) is 6.48. The van der Waals surface area contributed by atoms with Crippen LogP contribution in [-0.4, -0.2) is 19.0 Å². The fraction of sp³-hybridized carbons (Fsp3) is 0.350. The van der Waals surface area contributed by atoms with Gasteiger partial charge in [-0.05, 0) is 31.9 Å². The number of hydrogen-bond donors (Lipinski definition) is 0. The van der Waals surface area contributed by atoms with Gasteiger partial charge in [0.15, 0.2) is 5.78 Å². The number of hydrogen-bond acceptors (Lipinski definition) is 4.